The minimum atomic E-state index is -0.475. The summed E-state index contributed by atoms with van der Waals surface area (Å²) in [6, 6.07) is 10.4. The van der Waals surface area contributed by atoms with Crippen LogP contribution in [0.5, 0.6) is 0 Å². The Balaban J connectivity index is 1.54. The number of aromatic nitrogens is 2. The number of aryl methyl sites for hydroxylation is 1. The van der Waals surface area contributed by atoms with Crippen molar-refractivity contribution in [1.82, 2.24) is 15.2 Å². The summed E-state index contributed by atoms with van der Waals surface area (Å²) in [6.45, 7) is 3.05. The summed E-state index contributed by atoms with van der Waals surface area (Å²) in [7, 11) is 0. The normalized spacial score (nSPS) is 16.8. The first-order chi connectivity index (χ1) is 13.0. The van der Waals surface area contributed by atoms with Crippen molar-refractivity contribution in [2.24, 2.45) is 5.10 Å². The molecule has 1 heterocycles. The second-order valence-corrected chi connectivity index (χ2v) is 6.83. The van der Waals surface area contributed by atoms with Crippen LogP contribution in [0.4, 0.5) is 5.69 Å². The van der Waals surface area contributed by atoms with Crippen LogP contribution in [0.1, 0.15) is 48.6 Å². The van der Waals surface area contributed by atoms with E-state index in [2.05, 4.69) is 39.9 Å². The largest absolute Gasteiger partial charge is 0.312 e. The van der Waals surface area contributed by atoms with Gasteiger partial charge in [0.1, 0.15) is 17.9 Å². The molecule has 1 aromatic carbocycles. The van der Waals surface area contributed by atoms with Crippen molar-refractivity contribution in [3.63, 3.8) is 0 Å². The van der Waals surface area contributed by atoms with Crippen LogP contribution in [0.25, 0.3) is 0 Å². The van der Waals surface area contributed by atoms with Gasteiger partial charge in [-0.3, -0.25) is 19.6 Å². The van der Waals surface area contributed by atoms with Gasteiger partial charge in [-0.2, -0.15) is 10.2 Å². The molecule has 8 nitrogen and oxygen atoms in total. The van der Waals surface area contributed by atoms with Gasteiger partial charge in [-0.15, -0.1) is 0 Å². The van der Waals surface area contributed by atoms with Crippen molar-refractivity contribution in [1.29, 1.82) is 0 Å². The van der Waals surface area contributed by atoms with Crippen LogP contribution in [0.3, 0.4) is 0 Å². The molecule has 142 valence electrons. The zero-order chi connectivity index (χ0) is 19.4. The Kier molecular flexibility index (Phi) is 5.63. The molecule has 3 rings (SSSR count). The Morgan fingerprint density at radius 1 is 1.30 bits per heavy atom. The van der Waals surface area contributed by atoms with Gasteiger partial charge in [-0.1, -0.05) is 30.3 Å². The smallest absolute Gasteiger partial charge is 0.271 e. The van der Waals surface area contributed by atoms with Crippen molar-refractivity contribution >= 4 is 17.3 Å². The fourth-order valence-electron chi connectivity index (χ4n) is 3.54. The van der Waals surface area contributed by atoms with E-state index in [9.17, 15) is 14.9 Å². The maximum Gasteiger partial charge on any atom is 0.312 e. The van der Waals surface area contributed by atoms with Crippen molar-refractivity contribution in [3.05, 3.63) is 57.4 Å². The van der Waals surface area contributed by atoms with Crippen molar-refractivity contribution in [2.45, 2.75) is 52.0 Å². The molecule has 1 aliphatic carbocycles. The standard InChI is InChI=1S/C19H23N5O3/c1-13-19(24(26)27)14(2)23(22-13)12-18(25)21-20-17-10-8-16(9-11-17)15-6-4-3-5-7-15/h3-7,16H,8-12H2,1-2H3,(H,21,25). The number of benzene rings is 1. The SMILES string of the molecule is Cc1nn(CC(=O)NN=C2CCC(c3ccccc3)CC2)c(C)c1[N+](=O)[O-]. The predicted molar refractivity (Wildman–Crippen MR) is 102 cm³/mol. The summed E-state index contributed by atoms with van der Waals surface area (Å²) in [5.74, 6) is 0.198. The Labute approximate surface area is 157 Å². The van der Waals surface area contributed by atoms with Crippen LogP contribution in [0.2, 0.25) is 0 Å². The monoisotopic (exact) mass is 369 g/mol. The number of amides is 1. The summed E-state index contributed by atoms with van der Waals surface area (Å²) >= 11 is 0. The van der Waals surface area contributed by atoms with E-state index < -0.39 is 4.92 Å². The zero-order valence-electron chi connectivity index (χ0n) is 15.5. The average molecular weight is 369 g/mol. The van der Waals surface area contributed by atoms with Gasteiger partial charge < -0.3 is 0 Å². The van der Waals surface area contributed by atoms with E-state index in [-0.39, 0.29) is 18.1 Å². The molecule has 2 aromatic rings. The molecule has 1 aromatic heterocycles. The summed E-state index contributed by atoms with van der Waals surface area (Å²) < 4.78 is 1.34. The first-order valence-electron chi connectivity index (χ1n) is 9.03. The number of hydrogen-bond donors (Lipinski definition) is 1. The number of nitrogens with zero attached hydrogens (tertiary/aromatic N) is 4. The van der Waals surface area contributed by atoms with Crippen LogP contribution >= 0.6 is 0 Å². The summed E-state index contributed by atoms with van der Waals surface area (Å²) in [6.07, 6.45) is 3.74. The number of carbonyl (C=O) groups is 1. The summed E-state index contributed by atoms with van der Waals surface area (Å²) in [4.78, 5) is 22.7. The highest BCUT2D eigenvalue weighted by molar-refractivity contribution is 5.87. The van der Waals surface area contributed by atoms with Crippen LogP contribution in [0, 0.1) is 24.0 Å². The second kappa shape index (κ2) is 8.11. The minimum Gasteiger partial charge on any atom is -0.271 e. The maximum absolute atomic E-state index is 12.1. The number of carbonyl (C=O) groups excluding carboxylic acids is 1. The molecule has 0 unspecified atom stereocenters. The summed E-state index contributed by atoms with van der Waals surface area (Å²) in [5.41, 5.74) is 5.51. The van der Waals surface area contributed by atoms with Crippen LogP contribution < -0.4 is 5.43 Å². The number of hydrogen-bond acceptors (Lipinski definition) is 5. The highest BCUT2D eigenvalue weighted by atomic mass is 16.6. The molecule has 8 heteroatoms. The summed E-state index contributed by atoms with van der Waals surface area (Å²) in [5, 5.41) is 19.4. The molecule has 0 radical (unpaired) electrons. The molecule has 27 heavy (non-hydrogen) atoms. The Hall–Kier alpha value is -3.03. The Morgan fingerprint density at radius 2 is 1.96 bits per heavy atom. The van der Waals surface area contributed by atoms with E-state index in [1.807, 2.05) is 6.07 Å². The van der Waals surface area contributed by atoms with Gasteiger partial charge in [0.2, 0.25) is 0 Å². The van der Waals surface area contributed by atoms with Gasteiger partial charge in [-0.05, 0) is 51.0 Å². The fourth-order valence-corrected chi connectivity index (χ4v) is 3.54. The van der Waals surface area contributed by atoms with E-state index in [1.165, 1.54) is 10.2 Å². The Morgan fingerprint density at radius 3 is 2.56 bits per heavy atom. The van der Waals surface area contributed by atoms with Crippen LogP contribution in [-0.2, 0) is 11.3 Å². The topological polar surface area (TPSA) is 102 Å². The highest BCUT2D eigenvalue weighted by Crippen LogP contribution is 2.31. The van der Waals surface area contributed by atoms with Gasteiger partial charge >= 0.3 is 5.69 Å². The van der Waals surface area contributed by atoms with E-state index >= 15 is 0 Å². The molecule has 1 saturated carbocycles. The third-order valence-electron chi connectivity index (χ3n) is 4.99. The minimum absolute atomic E-state index is 0.0478. The predicted octanol–water partition coefficient (Wildman–Crippen LogP) is 3.24. The lowest BCUT2D eigenvalue weighted by Gasteiger charge is -2.23. The van der Waals surface area contributed by atoms with Crippen LogP contribution in [0.15, 0.2) is 35.4 Å². The molecular weight excluding hydrogens is 346 g/mol. The van der Waals surface area contributed by atoms with Crippen molar-refractivity contribution < 1.29 is 9.72 Å². The molecule has 1 aliphatic rings. The highest BCUT2D eigenvalue weighted by Gasteiger charge is 2.23. The van der Waals surface area contributed by atoms with Gasteiger partial charge in [0, 0.05) is 5.71 Å². The van der Waals surface area contributed by atoms with Gasteiger partial charge in [0.25, 0.3) is 5.91 Å². The molecule has 0 saturated heterocycles. The molecule has 1 N–H and O–H groups in total. The van der Waals surface area contributed by atoms with Crippen molar-refractivity contribution in [3.8, 4) is 0 Å². The lowest BCUT2D eigenvalue weighted by molar-refractivity contribution is -0.386. The number of hydrazone groups is 1. The molecule has 1 fully saturated rings. The third kappa shape index (κ3) is 4.39. The zero-order valence-corrected chi connectivity index (χ0v) is 15.5. The quantitative estimate of drug-likeness (QED) is 0.645. The number of nitrogens with one attached hydrogen (secondary N) is 1. The second-order valence-electron chi connectivity index (χ2n) is 6.83. The van der Waals surface area contributed by atoms with E-state index in [0.29, 0.717) is 17.3 Å². The van der Waals surface area contributed by atoms with Gasteiger partial charge in [0.15, 0.2) is 0 Å². The van der Waals surface area contributed by atoms with Gasteiger partial charge in [-0.25, -0.2) is 5.43 Å². The fraction of sp³-hybridized carbons (Fsp3) is 0.421. The third-order valence-corrected chi connectivity index (χ3v) is 4.99. The molecule has 0 aliphatic heterocycles. The Bertz CT molecular complexity index is 863. The van der Waals surface area contributed by atoms with E-state index in [4.69, 9.17) is 0 Å². The molecule has 1 amide bonds. The lowest BCUT2D eigenvalue weighted by Crippen LogP contribution is -2.26. The lowest BCUT2D eigenvalue weighted by atomic mass is 9.83. The molecular formula is C19H23N5O3. The molecule has 0 bridgehead atoms. The van der Waals surface area contributed by atoms with Gasteiger partial charge in [0.05, 0.1) is 4.92 Å². The maximum atomic E-state index is 12.1. The van der Waals surface area contributed by atoms with Crippen molar-refractivity contribution in [2.75, 3.05) is 0 Å². The van der Waals surface area contributed by atoms with E-state index in [0.717, 1.165) is 31.4 Å². The first-order valence-corrected chi connectivity index (χ1v) is 9.03. The number of rotatable bonds is 5. The average Bonchev–Trinajstić information content (AvgIpc) is 2.94. The number of nitro groups is 1. The molecule has 0 atom stereocenters. The molecule has 0 spiro atoms. The van der Waals surface area contributed by atoms with E-state index in [1.54, 1.807) is 13.8 Å². The first kappa shape index (κ1) is 18.8. The van der Waals surface area contributed by atoms with Crippen LogP contribution in [-0.4, -0.2) is 26.3 Å².